The number of amides is 1. The average molecular weight is 574 g/mol. The van der Waals surface area contributed by atoms with Crippen LogP contribution in [0.4, 0.5) is 15.8 Å². The molecule has 2 atom stereocenters. The van der Waals surface area contributed by atoms with Crippen molar-refractivity contribution >= 4 is 60.5 Å². The van der Waals surface area contributed by atoms with E-state index in [0.717, 1.165) is 27.1 Å². The van der Waals surface area contributed by atoms with Crippen molar-refractivity contribution in [3.63, 3.8) is 0 Å². The zero-order valence-electron chi connectivity index (χ0n) is 18.9. The largest absolute Gasteiger partial charge is 0.325 e. The van der Waals surface area contributed by atoms with E-state index in [1.807, 2.05) is 0 Å². The summed E-state index contributed by atoms with van der Waals surface area (Å²) in [7, 11) is -6.11. The Morgan fingerprint density at radius 3 is 2.53 bits per heavy atom. The molecule has 36 heavy (non-hydrogen) atoms. The molecule has 1 aromatic heterocycles. The van der Waals surface area contributed by atoms with Gasteiger partial charge in [-0.2, -0.15) is 17.4 Å². The van der Waals surface area contributed by atoms with E-state index in [4.69, 9.17) is 11.6 Å². The van der Waals surface area contributed by atoms with E-state index in [0.29, 0.717) is 10.7 Å². The number of nitrogens with zero attached hydrogens (tertiary/aromatic N) is 2. The number of rotatable bonds is 6. The highest BCUT2D eigenvalue weighted by atomic mass is 35.5. The molecular weight excluding hydrogens is 553 g/mol. The number of carbonyl (C=O) groups is 1. The van der Waals surface area contributed by atoms with E-state index in [-0.39, 0.29) is 17.1 Å². The van der Waals surface area contributed by atoms with Crippen LogP contribution >= 0.6 is 22.9 Å². The highest BCUT2D eigenvalue weighted by molar-refractivity contribution is 7.92. The number of carbonyl (C=O) groups excluding carboxylic acids is 1. The summed E-state index contributed by atoms with van der Waals surface area (Å²) in [6.07, 6.45) is 2.74. The molecule has 0 saturated carbocycles. The van der Waals surface area contributed by atoms with E-state index in [1.54, 1.807) is 30.5 Å². The normalized spacial score (nSPS) is 20.1. The van der Waals surface area contributed by atoms with Crippen LogP contribution in [0.1, 0.15) is 17.5 Å². The Hall–Kier alpha value is -2.62. The molecule has 1 aliphatic rings. The van der Waals surface area contributed by atoms with Crippen LogP contribution in [0.2, 0.25) is 5.02 Å². The number of nitrogens with one attached hydrogen (secondary N) is 3. The number of thiazole rings is 1. The third-order valence-electron chi connectivity index (χ3n) is 5.35. The maximum Gasteiger partial charge on any atom is 0.280 e. The SMILES string of the molecule is CN1C(C(=O)Nc2ccc(F)c(Cl)c2)CC(c2ncc(-c3ccc(NS(C)(=O)=O)cc3)s2)NS1(=O)=O. The van der Waals surface area contributed by atoms with Gasteiger partial charge in [0.25, 0.3) is 10.2 Å². The average Bonchev–Trinajstić information content (AvgIpc) is 3.28. The summed E-state index contributed by atoms with van der Waals surface area (Å²) >= 11 is 7.02. The number of sulfonamides is 1. The lowest BCUT2D eigenvalue weighted by molar-refractivity contribution is -0.120. The first-order chi connectivity index (χ1) is 16.8. The van der Waals surface area contributed by atoms with Gasteiger partial charge in [-0.05, 0) is 42.3 Å². The van der Waals surface area contributed by atoms with Gasteiger partial charge in [0, 0.05) is 24.6 Å². The lowest BCUT2D eigenvalue weighted by atomic mass is 10.1. The summed E-state index contributed by atoms with van der Waals surface area (Å²) in [5, 5.41) is 2.87. The van der Waals surface area contributed by atoms with Crippen molar-refractivity contribution in [2.24, 2.45) is 0 Å². The van der Waals surface area contributed by atoms with Gasteiger partial charge in [-0.15, -0.1) is 11.3 Å². The molecule has 0 spiro atoms. The Morgan fingerprint density at radius 1 is 1.22 bits per heavy atom. The highest BCUT2D eigenvalue weighted by Gasteiger charge is 2.41. The molecule has 3 N–H and O–H groups in total. The van der Waals surface area contributed by atoms with Gasteiger partial charge in [0.1, 0.15) is 16.9 Å². The van der Waals surface area contributed by atoms with E-state index in [1.165, 1.54) is 30.5 Å². The molecule has 15 heteroatoms. The predicted octanol–water partition coefficient (Wildman–Crippen LogP) is 3.19. The zero-order chi connectivity index (χ0) is 26.3. The molecule has 3 aromatic rings. The van der Waals surface area contributed by atoms with Crippen molar-refractivity contribution in [2.75, 3.05) is 23.3 Å². The molecule has 1 saturated heterocycles. The van der Waals surface area contributed by atoms with Gasteiger partial charge in [-0.25, -0.2) is 17.8 Å². The quantitative estimate of drug-likeness (QED) is 0.414. The fourth-order valence-corrected chi connectivity index (χ4v) is 6.63. The smallest absolute Gasteiger partial charge is 0.280 e. The topological polar surface area (TPSA) is 138 Å². The van der Waals surface area contributed by atoms with Gasteiger partial charge < -0.3 is 5.32 Å². The second-order valence-corrected chi connectivity index (χ2v) is 13.1. The molecule has 192 valence electrons. The van der Waals surface area contributed by atoms with Crippen molar-refractivity contribution in [3.8, 4) is 10.4 Å². The minimum absolute atomic E-state index is 0.0979. The highest BCUT2D eigenvalue weighted by Crippen LogP contribution is 2.35. The molecule has 4 rings (SSSR count). The van der Waals surface area contributed by atoms with Gasteiger partial charge in [-0.3, -0.25) is 9.52 Å². The lowest BCUT2D eigenvalue weighted by Gasteiger charge is -2.35. The fraction of sp³-hybridized carbons (Fsp3) is 0.238. The lowest BCUT2D eigenvalue weighted by Crippen LogP contribution is -2.55. The zero-order valence-corrected chi connectivity index (χ0v) is 22.1. The van der Waals surface area contributed by atoms with Crippen LogP contribution in [-0.4, -0.2) is 51.4 Å². The van der Waals surface area contributed by atoms with Crippen LogP contribution in [0.3, 0.4) is 0 Å². The second-order valence-electron chi connectivity index (χ2n) is 8.08. The van der Waals surface area contributed by atoms with Crippen molar-refractivity contribution in [1.29, 1.82) is 0 Å². The van der Waals surface area contributed by atoms with E-state index < -0.39 is 44.0 Å². The third kappa shape index (κ3) is 6.02. The predicted molar refractivity (Wildman–Crippen MR) is 137 cm³/mol. The fourth-order valence-electron chi connectivity index (χ4n) is 3.57. The van der Waals surface area contributed by atoms with Crippen molar-refractivity contribution in [2.45, 2.75) is 18.5 Å². The summed E-state index contributed by atoms with van der Waals surface area (Å²) in [5.41, 5.74) is 1.40. The first-order valence-corrected chi connectivity index (χ1v) is 14.9. The maximum atomic E-state index is 13.4. The number of hydrogen-bond donors (Lipinski definition) is 3. The number of hydrogen-bond acceptors (Lipinski definition) is 7. The Balaban J connectivity index is 1.53. The molecule has 0 bridgehead atoms. The summed E-state index contributed by atoms with van der Waals surface area (Å²) in [4.78, 5) is 18.0. The molecule has 1 fully saturated rings. The Labute approximate surface area is 216 Å². The van der Waals surface area contributed by atoms with Gasteiger partial charge >= 0.3 is 0 Å². The van der Waals surface area contributed by atoms with Crippen molar-refractivity contribution in [3.05, 3.63) is 64.5 Å². The molecule has 0 aliphatic carbocycles. The molecular formula is C21H21ClFN5O5S3. The van der Waals surface area contributed by atoms with Gasteiger partial charge in [-0.1, -0.05) is 23.7 Å². The third-order valence-corrected chi connectivity index (χ3v) is 9.00. The Kier molecular flexibility index (Phi) is 7.37. The van der Waals surface area contributed by atoms with Gasteiger partial charge in [0.05, 0.1) is 22.2 Å². The van der Waals surface area contributed by atoms with Crippen LogP contribution in [0.15, 0.2) is 48.7 Å². The van der Waals surface area contributed by atoms with Gasteiger partial charge in [0.2, 0.25) is 15.9 Å². The first kappa shape index (κ1) is 26.4. The molecule has 1 aliphatic heterocycles. The van der Waals surface area contributed by atoms with Crippen LogP contribution in [-0.2, 0) is 25.0 Å². The second kappa shape index (κ2) is 10.0. The number of aromatic nitrogens is 1. The van der Waals surface area contributed by atoms with Crippen molar-refractivity contribution in [1.82, 2.24) is 14.0 Å². The molecule has 2 unspecified atom stereocenters. The Morgan fingerprint density at radius 2 is 1.89 bits per heavy atom. The van der Waals surface area contributed by atoms with Crippen LogP contribution in [0.25, 0.3) is 10.4 Å². The standard InChI is InChI=1S/C21H21ClFN5O5S3/c1-28-18(20(29)25-14-7-8-16(23)15(22)9-14)10-17(27-36(28,32)33)21-24-11-19(34-21)12-3-5-13(6-4-12)26-35(2,30)31/h3-9,11,17-18,26-27H,10H2,1-2H3,(H,25,29). The van der Waals surface area contributed by atoms with E-state index >= 15 is 0 Å². The summed E-state index contributed by atoms with van der Waals surface area (Å²) < 4.78 is 67.6. The number of anilines is 2. The minimum Gasteiger partial charge on any atom is -0.325 e. The first-order valence-electron chi connectivity index (χ1n) is 10.4. The summed E-state index contributed by atoms with van der Waals surface area (Å²) in [5.74, 6) is -1.24. The van der Waals surface area contributed by atoms with Gasteiger partial charge in [0.15, 0.2) is 0 Å². The number of halogens is 2. The van der Waals surface area contributed by atoms with Crippen LogP contribution < -0.4 is 14.8 Å². The summed E-state index contributed by atoms with van der Waals surface area (Å²) in [6, 6.07) is 8.50. The molecule has 2 heterocycles. The van der Waals surface area contributed by atoms with E-state index in [2.05, 4.69) is 19.7 Å². The number of likely N-dealkylation sites (N-methyl/N-ethyl adjacent to an activating group) is 1. The Bertz CT molecular complexity index is 1510. The molecule has 1 amide bonds. The molecule has 10 nitrogen and oxygen atoms in total. The number of benzene rings is 2. The maximum absolute atomic E-state index is 13.4. The van der Waals surface area contributed by atoms with E-state index in [9.17, 15) is 26.0 Å². The molecule has 2 aromatic carbocycles. The minimum atomic E-state index is -4.00. The monoisotopic (exact) mass is 573 g/mol. The van der Waals surface area contributed by atoms with Crippen LogP contribution in [0, 0.1) is 5.82 Å². The van der Waals surface area contributed by atoms with Crippen molar-refractivity contribution < 1.29 is 26.0 Å². The summed E-state index contributed by atoms with van der Waals surface area (Å²) in [6.45, 7) is 0. The molecule has 0 radical (unpaired) electrons. The van der Waals surface area contributed by atoms with Crippen LogP contribution in [0.5, 0.6) is 0 Å².